The highest BCUT2D eigenvalue weighted by molar-refractivity contribution is 9.10. The van der Waals surface area contributed by atoms with Crippen molar-refractivity contribution in [3.05, 3.63) is 34.3 Å². The SMILES string of the molecule is CC/C(=C/CNc1ccc(OC)c(Br)c1)C(=O)O. The molecule has 1 aromatic carbocycles. The number of carboxylic acids is 1. The summed E-state index contributed by atoms with van der Waals surface area (Å²) in [5, 5.41) is 12.0. The van der Waals surface area contributed by atoms with Crippen molar-refractivity contribution in [3.63, 3.8) is 0 Å². The lowest BCUT2D eigenvalue weighted by Gasteiger charge is -2.07. The molecular weight excluding hydrogens is 298 g/mol. The molecule has 0 atom stereocenters. The molecule has 18 heavy (non-hydrogen) atoms. The average molecular weight is 314 g/mol. The molecule has 0 unspecified atom stereocenters. The van der Waals surface area contributed by atoms with Crippen LogP contribution in [0.2, 0.25) is 0 Å². The molecule has 0 aromatic heterocycles. The number of carboxylic acid groups (broad SMARTS) is 1. The first-order valence-electron chi connectivity index (χ1n) is 5.58. The third kappa shape index (κ3) is 4.07. The van der Waals surface area contributed by atoms with Crippen molar-refractivity contribution < 1.29 is 14.6 Å². The maximum absolute atomic E-state index is 10.8. The molecule has 0 amide bonds. The van der Waals surface area contributed by atoms with Crippen molar-refractivity contribution in [2.75, 3.05) is 19.0 Å². The maximum Gasteiger partial charge on any atom is 0.331 e. The zero-order valence-electron chi connectivity index (χ0n) is 10.4. The van der Waals surface area contributed by atoms with Gasteiger partial charge in [-0.25, -0.2) is 4.79 Å². The number of halogens is 1. The number of hydrogen-bond acceptors (Lipinski definition) is 3. The molecular formula is C13H16BrNO3. The van der Waals surface area contributed by atoms with Crippen molar-refractivity contribution >= 4 is 27.6 Å². The van der Waals surface area contributed by atoms with Crippen LogP contribution in [0.4, 0.5) is 5.69 Å². The summed E-state index contributed by atoms with van der Waals surface area (Å²) in [6, 6.07) is 5.61. The molecule has 0 saturated heterocycles. The van der Waals surface area contributed by atoms with Gasteiger partial charge in [-0.2, -0.15) is 0 Å². The quantitative estimate of drug-likeness (QED) is 0.791. The molecule has 2 N–H and O–H groups in total. The van der Waals surface area contributed by atoms with Gasteiger partial charge in [0.2, 0.25) is 0 Å². The standard InChI is InChI=1S/C13H16BrNO3/c1-3-9(13(16)17)6-7-15-10-4-5-12(18-2)11(14)8-10/h4-6,8,15H,3,7H2,1-2H3,(H,16,17)/b9-6-. The van der Waals surface area contributed by atoms with E-state index in [4.69, 9.17) is 9.84 Å². The van der Waals surface area contributed by atoms with Gasteiger partial charge in [-0.3, -0.25) is 0 Å². The molecule has 4 nitrogen and oxygen atoms in total. The van der Waals surface area contributed by atoms with E-state index in [1.807, 2.05) is 25.1 Å². The molecule has 0 aliphatic heterocycles. The predicted molar refractivity (Wildman–Crippen MR) is 75.2 cm³/mol. The molecule has 1 rings (SSSR count). The van der Waals surface area contributed by atoms with E-state index in [2.05, 4.69) is 21.2 Å². The van der Waals surface area contributed by atoms with E-state index in [1.165, 1.54) is 0 Å². The molecule has 0 aliphatic carbocycles. The number of hydrogen-bond donors (Lipinski definition) is 2. The van der Waals surface area contributed by atoms with Gasteiger partial charge in [0.1, 0.15) is 5.75 Å². The van der Waals surface area contributed by atoms with E-state index in [9.17, 15) is 4.79 Å². The van der Waals surface area contributed by atoms with Gasteiger partial charge in [-0.15, -0.1) is 0 Å². The molecule has 0 bridgehead atoms. The third-order valence-corrected chi connectivity index (χ3v) is 3.08. The van der Waals surface area contributed by atoms with Crippen LogP contribution >= 0.6 is 15.9 Å². The highest BCUT2D eigenvalue weighted by atomic mass is 79.9. The topological polar surface area (TPSA) is 58.6 Å². The average Bonchev–Trinajstić information content (AvgIpc) is 2.34. The summed E-state index contributed by atoms with van der Waals surface area (Å²) < 4.78 is 5.98. The molecule has 0 radical (unpaired) electrons. The Hall–Kier alpha value is -1.49. The first-order chi connectivity index (χ1) is 8.58. The zero-order valence-corrected chi connectivity index (χ0v) is 12.0. The van der Waals surface area contributed by atoms with Gasteiger partial charge in [-0.1, -0.05) is 13.0 Å². The van der Waals surface area contributed by atoms with E-state index >= 15 is 0 Å². The molecule has 0 aliphatic rings. The summed E-state index contributed by atoms with van der Waals surface area (Å²) >= 11 is 3.39. The summed E-state index contributed by atoms with van der Waals surface area (Å²) in [6.45, 7) is 2.30. The largest absolute Gasteiger partial charge is 0.496 e. The van der Waals surface area contributed by atoms with Gasteiger partial charge in [0.25, 0.3) is 0 Å². The maximum atomic E-state index is 10.8. The molecule has 0 fully saturated rings. The zero-order chi connectivity index (χ0) is 13.5. The highest BCUT2D eigenvalue weighted by Crippen LogP contribution is 2.27. The number of rotatable bonds is 6. The van der Waals surface area contributed by atoms with Crippen LogP contribution in [0.1, 0.15) is 13.3 Å². The second kappa shape index (κ2) is 7.06. The summed E-state index contributed by atoms with van der Waals surface area (Å²) in [4.78, 5) is 10.8. The molecule has 5 heteroatoms. The van der Waals surface area contributed by atoms with E-state index < -0.39 is 5.97 Å². The second-order valence-corrected chi connectivity index (χ2v) is 4.47. The number of ether oxygens (including phenoxy) is 1. The van der Waals surface area contributed by atoms with Crippen molar-refractivity contribution in [2.45, 2.75) is 13.3 Å². The minimum absolute atomic E-state index is 0.412. The van der Waals surface area contributed by atoms with E-state index in [0.717, 1.165) is 15.9 Å². The summed E-state index contributed by atoms with van der Waals surface area (Å²) in [5.74, 6) is -0.105. The van der Waals surface area contributed by atoms with Gasteiger partial charge in [-0.05, 0) is 40.5 Å². The van der Waals surface area contributed by atoms with Gasteiger partial charge >= 0.3 is 5.97 Å². The monoisotopic (exact) mass is 313 g/mol. The Morgan fingerprint density at radius 1 is 1.56 bits per heavy atom. The Labute approximate surface area is 115 Å². The highest BCUT2D eigenvalue weighted by Gasteiger charge is 2.03. The Morgan fingerprint density at radius 2 is 2.28 bits per heavy atom. The van der Waals surface area contributed by atoms with Crippen LogP contribution in [-0.2, 0) is 4.79 Å². The fraction of sp³-hybridized carbons (Fsp3) is 0.308. The smallest absolute Gasteiger partial charge is 0.331 e. The van der Waals surface area contributed by atoms with Crippen molar-refractivity contribution in [1.82, 2.24) is 0 Å². The molecule has 0 spiro atoms. The Balaban J connectivity index is 2.64. The second-order valence-electron chi connectivity index (χ2n) is 3.62. The van der Waals surface area contributed by atoms with E-state index in [0.29, 0.717) is 18.5 Å². The Kier molecular flexibility index (Phi) is 5.71. The summed E-state index contributed by atoms with van der Waals surface area (Å²) in [5.41, 5.74) is 1.31. The number of carbonyl (C=O) groups is 1. The third-order valence-electron chi connectivity index (χ3n) is 2.46. The number of benzene rings is 1. The lowest BCUT2D eigenvalue weighted by molar-refractivity contribution is -0.132. The normalized spacial score (nSPS) is 11.2. The van der Waals surface area contributed by atoms with Gasteiger partial charge in [0.15, 0.2) is 0 Å². The molecule has 98 valence electrons. The molecule has 0 heterocycles. The van der Waals surface area contributed by atoms with Crippen LogP contribution in [0.5, 0.6) is 5.75 Å². The van der Waals surface area contributed by atoms with E-state index in [1.54, 1.807) is 13.2 Å². The Morgan fingerprint density at radius 3 is 2.78 bits per heavy atom. The van der Waals surface area contributed by atoms with Gasteiger partial charge in [0, 0.05) is 17.8 Å². The first-order valence-corrected chi connectivity index (χ1v) is 6.37. The van der Waals surface area contributed by atoms with Gasteiger partial charge in [0.05, 0.1) is 11.6 Å². The lowest BCUT2D eigenvalue weighted by Crippen LogP contribution is -2.04. The van der Waals surface area contributed by atoms with E-state index in [-0.39, 0.29) is 0 Å². The van der Waals surface area contributed by atoms with Crippen LogP contribution in [0.3, 0.4) is 0 Å². The summed E-state index contributed by atoms with van der Waals surface area (Å²) in [7, 11) is 1.61. The minimum atomic E-state index is -0.866. The van der Waals surface area contributed by atoms with Crippen LogP contribution in [0, 0.1) is 0 Å². The van der Waals surface area contributed by atoms with Crippen LogP contribution in [0.25, 0.3) is 0 Å². The van der Waals surface area contributed by atoms with Crippen LogP contribution < -0.4 is 10.1 Å². The van der Waals surface area contributed by atoms with Crippen LogP contribution in [-0.4, -0.2) is 24.7 Å². The number of nitrogens with one attached hydrogen (secondary N) is 1. The molecule has 0 saturated carbocycles. The lowest BCUT2D eigenvalue weighted by atomic mass is 10.2. The van der Waals surface area contributed by atoms with Gasteiger partial charge < -0.3 is 15.2 Å². The first kappa shape index (κ1) is 14.6. The Bertz CT molecular complexity index is 458. The number of anilines is 1. The van der Waals surface area contributed by atoms with Crippen LogP contribution in [0.15, 0.2) is 34.3 Å². The van der Waals surface area contributed by atoms with Crippen molar-refractivity contribution in [2.24, 2.45) is 0 Å². The predicted octanol–water partition coefficient (Wildman–Crippen LogP) is 3.29. The number of aliphatic carboxylic acids is 1. The van der Waals surface area contributed by atoms with Crippen molar-refractivity contribution in [1.29, 1.82) is 0 Å². The fourth-order valence-corrected chi connectivity index (χ4v) is 1.99. The molecule has 1 aromatic rings. The fourth-order valence-electron chi connectivity index (χ4n) is 1.45. The number of methoxy groups -OCH3 is 1. The summed E-state index contributed by atoms with van der Waals surface area (Å²) in [6.07, 6.45) is 2.20. The minimum Gasteiger partial charge on any atom is -0.496 e. The van der Waals surface area contributed by atoms with Crippen molar-refractivity contribution in [3.8, 4) is 5.75 Å².